The molecule has 1 heterocycles. The quantitative estimate of drug-likeness (QED) is 0.531. The van der Waals surface area contributed by atoms with Crippen molar-refractivity contribution in [2.45, 2.75) is 26.7 Å². The molecule has 1 aliphatic heterocycles. The highest BCUT2D eigenvalue weighted by atomic mass is 16.6. The number of carbonyl (C=O) groups is 2. The lowest BCUT2D eigenvalue weighted by Gasteiger charge is -2.19. The maximum atomic E-state index is 13.1. The Hall–Kier alpha value is -3.62. The van der Waals surface area contributed by atoms with E-state index in [1.807, 2.05) is 0 Å². The van der Waals surface area contributed by atoms with Crippen LogP contribution in [0, 0.1) is 17.0 Å². The molecule has 0 spiro atoms. The molecule has 1 N–H and O–H groups in total. The molecule has 0 saturated carbocycles. The van der Waals surface area contributed by atoms with Crippen molar-refractivity contribution in [2.75, 3.05) is 32.1 Å². The molecule has 0 unspecified atom stereocenters. The normalized spacial score (nSPS) is 13.1. The first kappa shape index (κ1) is 22.1. The van der Waals surface area contributed by atoms with Crippen LogP contribution in [0.1, 0.15) is 46.0 Å². The number of methoxy groups -OCH3 is 1. The lowest BCUT2D eigenvalue weighted by molar-refractivity contribution is -0.385. The van der Waals surface area contributed by atoms with Gasteiger partial charge in [-0.05, 0) is 38.3 Å². The molecular weight excluding hydrogens is 402 g/mol. The third kappa shape index (κ3) is 4.60. The van der Waals surface area contributed by atoms with Crippen molar-refractivity contribution in [2.24, 2.45) is 0 Å². The van der Waals surface area contributed by atoms with E-state index < -0.39 is 16.5 Å². The Kier molecular flexibility index (Phi) is 6.74. The van der Waals surface area contributed by atoms with E-state index in [4.69, 9.17) is 9.47 Å². The molecule has 2 amide bonds. The smallest absolute Gasteiger partial charge is 0.286 e. The summed E-state index contributed by atoms with van der Waals surface area (Å²) in [6.07, 6.45) is 1.88. The summed E-state index contributed by atoms with van der Waals surface area (Å²) in [4.78, 5) is 38.8. The molecule has 3 rings (SSSR count). The second-order valence-corrected chi connectivity index (χ2v) is 7.16. The summed E-state index contributed by atoms with van der Waals surface area (Å²) < 4.78 is 10.6. The third-order valence-electron chi connectivity index (χ3n) is 5.16. The van der Waals surface area contributed by atoms with Crippen LogP contribution in [0.15, 0.2) is 30.3 Å². The van der Waals surface area contributed by atoms with Crippen molar-refractivity contribution < 1.29 is 24.0 Å². The lowest BCUT2D eigenvalue weighted by Crippen LogP contribution is -2.29. The highest BCUT2D eigenvalue weighted by Gasteiger charge is 2.27. The van der Waals surface area contributed by atoms with E-state index in [2.05, 4.69) is 5.32 Å². The fourth-order valence-electron chi connectivity index (χ4n) is 3.59. The van der Waals surface area contributed by atoms with Gasteiger partial charge in [-0.1, -0.05) is 12.1 Å². The van der Waals surface area contributed by atoms with Gasteiger partial charge in [0.15, 0.2) is 11.5 Å². The number of benzene rings is 2. The number of anilines is 1. The topological polar surface area (TPSA) is 111 Å². The maximum absolute atomic E-state index is 13.1. The number of aryl methyl sites for hydroxylation is 1. The fraction of sp³-hybridized carbons (Fsp3) is 0.364. The Balaban J connectivity index is 2.01. The van der Waals surface area contributed by atoms with E-state index in [0.29, 0.717) is 36.5 Å². The lowest BCUT2D eigenvalue weighted by atomic mass is 10.1. The third-order valence-corrected chi connectivity index (χ3v) is 5.16. The van der Waals surface area contributed by atoms with E-state index in [-0.39, 0.29) is 23.0 Å². The van der Waals surface area contributed by atoms with E-state index in [0.717, 1.165) is 18.9 Å². The van der Waals surface area contributed by atoms with Gasteiger partial charge >= 0.3 is 0 Å². The van der Waals surface area contributed by atoms with Crippen molar-refractivity contribution in [1.82, 2.24) is 4.90 Å². The Morgan fingerprint density at radius 1 is 1.16 bits per heavy atom. The number of likely N-dealkylation sites (tertiary alicyclic amines) is 1. The minimum atomic E-state index is -0.708. The van der Waals surface area contributed by atoms with Crippen LogP contribution in [0.3, 0.4) is 0 Å². The van der Waals surface area contributed by atoms with E-state index in [9.17, 15) is 19.7 Å². The van der Waals surface area contributed by atoms with E-state index in [1.54, 1.807) is 36.9 Å². The predicted molar refractivity (Wildman–Crippen MR) is 115 cm³/mol. The fourth-order valence-corrected chi connectivity index (χ4v) is 3.59. The molecule has 2 aromatic rings. The minimum absolute atomic E-state index is 0.158. The summed E-state index contributed by atoms with van der Waals surface area (Å²) in [5.41, 5.74) is 0.777. The molecule has 2 aromatic carbocycles. The second-order valence-electron chi connectivity index (χ2n) is 7.16. The second kappa shape index (κ2) is 9.46. The van der Waals surface area contributed by atoms with Crippen molar-refractivity contribution in [1.29, 1.82) is 0 Å². The SMILES string of the molecule is CCOc1cc(C(=O)Nc2c(C)cccc2C(=O)N2CCCC2)c([N+](=O)[O-])cc1OC. The van der Waals surface area contributed by atoms with Crippen molar-refractivity contribution >= 4 is 23.2 Å². The molecule has 31 heavy (non-hydrogen) atoms. The zero-order valence-corrected chi connectivity index (χ0v) is 17.8. The van der Waals surface area contributed by atoms with Crippen LogP contribution in [0.2, 0.25) is 0 Å². The summed E-state index contributed by atoms with van der Waals surface area (Å²) in [5.74, 6) is -0.499. The molecule has 9 heteroatoms. The molecule has 0 bridgehead atoms. The minimum Gasteiger partial charge on any atom is -0.493 e. The average molecular weight is 427 g/mol. The number of hydrogen-bond acceptors (Lipinski definition) is 6. The Bertz CT molecular complexity index is 1010. The first-order chi connectivity index (χ1) is 14.9. The van der Waals surface area contributed by atoms with Crippen LogP contribution in [0.25, 0.3) is 0 Å². The van der Waals surface area contributed by atoms with Gasteiger partial charge in [0, 0.05) is 19.2 Å². The molecule has 0 aliphatic carbocycles. The first-order valence-corrected chi connectivity index (χ1v) is 10.1. The largest absolute Gasteiger partial charge is 0.493 e. The Morgan fingerprint density at radius 3 is 2.48 bits per heavy atom. The average Bonchev–Trinajstić information content (AvgIpc) is 3.29. The number of carbonyl (C=O) groups excluding carboxylic acids is 2. The number of para-hydroxylation sites is 1. The zero-order valence-electron chi connectivity index (χ0n) is 17.8. The molecular formula is C22H25N3O6. The monoisotopic (exact) mass is 427 g/mol. The number of amides is 2. The highest BCUT2D eigenvalue weighted by Crippen LogP contribution is 2.35. The van der Waals surface area contributed by atoms with E-state index in [1.165, 1.54) is 13.2 Å². The number of nitro groups is 1. The van der Waals surface area contributed by atoms with Crippen LogP contribution < -0.4 is 14.8 Å². The predicted octanol–water partition coefficient (Wildman–Crippen LogP) is 3.80. The maximum Gasteiger partial charge on any atom is 0.286 e. The summed E-state index contributed by atoms with van der Waals surface area (Å²) >= 11 is 0. The number of nitro benzene ring substituents is 1. The molecule has 0 radical (unpaired) electrons. The van der Waals surface area contributed by atoms with Gasteiger partial charge in [-0.2, -0.15) is 0 Å². The van der Waals surface area contributed by atoms with Crippen LogP contribution in [-0.4, -0.2) is 48.4 Å². The van der Waals surface area contributed by atoms with Crippen LogP contribution >= 0.6 is 0 Å². The summed E-state index contributed by atoms with van der Waals surface area (Å²) in [6, 6.07) is 7.61. The Morgan fingerprint density at radius 2 is 1.87 bits per heavy atom. The van der Waals surface area contributed by atoms with E-state index >= 15 is 0 Å². The van der Waals surface area contributed by atoms with Crippen molar-refractivity contribution in [3.05, 3.63) is 57.1 Å². The van der Waals surface area contributed by atoms with Gasteiger partial charge in [0.1, 0.15) is 5.56 Å². The zero-order chi connectivity index (χ0) is 22.5. The van der Waals surface area contributed by atoms with Crippen molar-refractivity contribution in [3.8, 4) is 11.5 Å². The Labute approximate surface area is 180 Å². The van der Waals surface area contributed by atoms with Gasteiger partial charge in [0.25, 0.3) is 17.5 Å². The number of nitrogens with one attached hydrogen (secondary N) is 1. The summed E-state index contributed by atoms with van der Waals surface area (Å²) in [6.45, 7) is 5.15. The van der Waals surface area contributed by atoms with Gasteiger partial charge < -0.3 is 19.7 Å². The molecule has 164 valence electrons. The van der Waals surface area contributed by atoms with Crippen LogP contribution in [0.4, 0.5) is 11.4 Å². The van der Waals surface area contributed by atoms with Gasteiger partial charge in [-0.3, -0.25) is 19.7 Å². The summed E-state index contributed by atoms with van der Waals surface area (Å²) in [5, 5.41) is 14.3. The number of rotatable bonds is 7. The van der Waals surface area contributed by atoms with Crippen LogP contribution in [-0.2, 0) is 0 Å². The highest BCUT2D eigenvalue weighted by molar-refractivity contribution is 6.11. The summed E-state index contributed by atoms with van der Waals surface area (Å²) in [7, 11) is 1.37. The first-order valence-electron chi connectivity index (χ1n) is 10.1. The van der Waals surface area contributed by atoms with Gasteiger partial charge in [0.05, 0.1) is 36.0 Å². The van der Waals surface area contributed by atoms with Gasteiger partial charge in [-0.15, -0.1) is 0 Å². The van der Waals surface area contributed by atoms with Gasteiger partial charge in [-0.25, -0.2) is 0 Å². The molecule has 1 aliphatic rings. The molecule has 0 atom stereocenters. The number of nitrogens with zero attached hydrogens (tertiary/aromatic N) is 2. The molecule has 1 saturated heterocycles. The molecule has 1 fully saturated rings. The van der Waals surface area contributed by atoms with Crippen LogP contribution in [0.5, 0.6) is 11.5 Å². The molecule has 0 aromatic heterocycles. The molecule has 9 nitrogen and oxygen atoms in total. The standard InChI is InChI=1S/C22H25N3O6/c1-4-31-19-12-16(17(25(28)29)13-18(19)30-3)21(26)23-20-14(2)8-7-9-15(20)22(27)24-10-5-6-11-24/h7-9,12-13H,4-6,10-11H2,1-3H3,(H,23,26). The van der Waals surface area contributed by atoms with Gasteiger partial charge in [0.2, 0.25) is 0 Å². The van der Waals surface area contributed by atoms with Crippen molar-refractivity contribution in [3.63, 3.8) is 0 Å². The number of hydrogen-bond donors (Lipinski definition) is 1. The number of ether oxygens (including phenoxy) is 2.